The highest BCUT2D eigenvalue weighted by atomic mass is 16.2. The maximum Gasteiger partial charge on any atom is 0.244 e. The number of rotatable bonds is 3. The molecule has 3 N–H and O–H groups in total. The van der Waals surface area contributed by atoms with Gasteiger partial charge in [-0.25, -0.2) is 0 Å². The minimum atomic E-state index is 0.0808. The Balaban J connectivity index is 1.63. The minimum absolute atomic E-state index is 0.0808. The Bertz CT molecular complexity index is 575. The number of carbonyl (C=O) groups excluding carboxylic acids is 1. The van der Waals surface area contributed by atoms with E-state index in [1.54, 1.807) is 23.1 Å². The molecule has 3 rings (SSSR count). The van der Waals surface area contributed by atoms with Gasteiger partial charge >= 0.3 is 0 Å². The highest BCUT2D eigenvalue weighted by Gasteiger charge is 2.25. The van der Waals surface area contributed by atoms with Gasteiger partial charge in [-0.2, -0.15) is 10.2 Å². The maximum absolute atomic E-state index is 12.3. The molecule has 7 heteroatoms. The number of piperidine rings is 1. The van der Waals surface area contributed by atoms with Gasteiger partial charge < -0.3 is 10.6 Å². The Morgan fingerprint density at radius 3 is 3.10 bits per heavy atom. The van der Waals surface area contributed by atoms with Crippen molar-refractivity contribution >= 4 is 11.7 Å². The summed E-state index contributed by atoms with van der Waals surface area (Å²) in [6, 6.07) is 3.67. The van der Waals surface area contributed by atoms with Gasteiger partial charge in [0.05, 0.1) is 0 Å². The van der Waals surface area contributed by atoms with E-state index < -0.39 is 0 Å². The fourth-order valence-corrected chi connectivity index (χ4v) is 2.66. The highest BCUT2D eigenvalue weighted by Crippen LogP contribution is 2.25. The van der Waals surface area contributed by atoms with Crippen molar-refractivity contribution in [3.05, 3.63) is 30.2 Å². The van der Waals surface area contributed by atoms with E-state index in [1.807, 2.05) is 11.0 Å². The van der Waals surface area contributed by atoms with Gasteiger partial charge in [0.2, 0.25) is 5.91 Å². The van der Waals surface area contributed by atoms with Crippen molar-refractivity contribution in [3.63, 3.8) is 0 Å². The number of nitrogens with one attached hydrogen (secondary N) is 1. The van der Waals surface area contributed by atoms with Gasteiger partial charge in [0.1, 0.15) is 12.4 Å². The lowest BCUT2D eigenvalue weighted by molar-refractivity contribution is -0.133. The molecule has 1 amide bonds. The van der Waals surface area contributed by atoms with E-state index in [0.717, 1.165) is 31.6 Å². The third kappa shape index (κ3) is 2.66. The number of aromatic nitrogens is 4. The van der Waals surface area contributed by atoms with Gasteiger partial charge in [-0.1, -0.05) is 0 Å². The molecule has 1 aliphatic heterocycles. The van der Waals surface area contributed by atoms with E-state index in [0.29, 0.717) is 11.7 Å². The summed E-state index contributed by atoms with van der Waals surface area (Å²) < 4.78 is 1.58. The summed E-state index contributed by atoms with van der Waals surface area (Å²) in [7, 11) is 0. The first-order valence-electron chi connectivity index (χ1n) is 6.78. The van der Waals surface area contributed by atoms with Crippen molar-refractivity contribution < 1.29 is 4.79 Å². The predicted molar refractivity (Wildman–Crippen MR) is 73.8 cm³/mol. The second-order valence-electron chi connectivity index (χ2n) is 5.13. The van der Waals surface area contributed by atoms with Crippen molar-refractivity contribution in [2.24, 2.45) is 0 Å². The first kappa shape index (κ1) is 12.7. The van der Waals surface area contributed by atoms with Crippen LogP contribution in [0, 0.1) is 0 Å². The average Bonchev–Trinajstić information content (AvgIpc) is 3.11. The van der Waals surface area contributed by atoms with Gasteiger partial charge in [0, 0.05) is 37.1 Å². The summed E-state index contributed by atoms with van der Waals surface area (Å²) in [5.41, 5.74) is 6.65. The molecule has 3 heterocycles. The summed E-state index contributed by atoms with van der Waals surface area (Å²) >= 11 is 0. The molecule has 1 unspecified atom stereocenters. The van der Waals surface area contributed by atoms with Crippen molar-refractivity contribution in [1.29, 1.82) is 0 Å². The number of aromatic amines is 1. The molecule has 0 spiro atoms. The van der Waals surface area contributed by atoms with Gasteiger partial charge in [0.25, 0.3) is 0 Å². The normalized spacial score (nSPS) is 19.2. The smallest absolute Gasteiger partial charge is 0.244 e. The lowest BCUT2D eigenvalue weighted by Crippen LogP contribution is -2.41. The number of amides is 1. The molecule has 0 bridgehead atoms. The highest BCUT2D eigenvalue weighted by molar-refractivity contribution is 5.76. The molecule has 20 heavy (non-hydrogen) atoms. The van der Waals surface area contributed by atoms with Crippen LogP contribution in [-0.4, -0.2) is 43.9 Å². The zero-order valence-corrected chi connectivity index (χ0v) is 11.2. The molecule has 7 nitrogen and oxygen atoms in total. The van der Waals surface area contributed by atoms with Crippen LogP contribution in [0.25, 0.3) is 0 Å². The molecule has 0 radical (unpaired) electrons. The van der Waals surface area contributed by atoms with Crippen LogP contribution in [0.4, 0.5) is 5.82 Å². The summed E-state index contributed by atoms with van der Waals surface area (Å²) in [5, 5.41) is 11.0. The second-order valence-corrected chi connectivity index (χ2v) is 5.13. The van der Waals surface area contributed by atoms with E-state index in [2.05, 4.69) is 15.3 Å². The number of hydrogen-bond donors (Lipinski definition) is 2. The van der Waals surface area contributed by atoms with Gasteiger partial charge in [0.15, 0.2) is 0 Å². The van der Waals surface area contributed by atoms with E-state index in [4.69, 9.17) is 5.73 Å². The molecular weight excluding hydrogens is 256 g/mol. The van der Waals surface area contributed by atoms with Crippen molar-refractivity contribution in [2.45, 2.75) is 25.3 Å². The molecule has 1 fully saturated rings. The molecule has 0 saturated carbocycles. The Hall–Kier alpha value is -2.31. The van der Waals surface area contributed by atoms with Crippen LogP contribution in [0.15, 0.2) is 24.5 Å². The Labute approximate surface area is 116 Å². The summed E-state index contributed by atoms with van der Waals surface area (Å²) in [5.74, 6) is 0.863. The number of anilines is 1. The quantitative estimate of drug-likeness (QED) is 0.857. The third-order valence-electron chi connectivity index (χ3n) is 3.69. The zero-order valence-electron chi connectivity index (χ0n) is 11.2. The van der Waals surface area contributed by atoms with E-state index in [1.165, 1.54) is 0 Å². The fraction of sp³-hybridized carbons (Fsp3) is 0.462. The van der Waals surface area contributed by atoms with E-state index in [-0.39, 0.29) is 12.5 Å². The predicted octanol–water partition coefficient (Wildman–Crippen LogP) is 0.595. The zero-order chi connectivity index (χ0) is 13.9. The summed E-state index contributed by atoms with van der Waals surface area (Å²) in [6.45, 7) is 1.78. The third-order valence-corrected chi connectivity index (χ3v) is 3.69. The lowest BCUT2D eigenvalue weighted by atomic mass is 9.95. The topological polar surface area (TPSA) is 92.8 Å². The molecule has 1 atom stereocenters. The van der Waals surface area contributed by atoms with E-state index >= 15 is 0 Å². The van der Waals surface area contributed by atoms with Crippen LogP contribution in [0.3, 0.4) is 0 Å². The van der Waals surface area contributed by atoms with Crippen LogP contribution in [0.1, 0.15) is 24.5 Å². The lowest BCUT2D eigenvalue weighted by Gasteiger charge is -2.32. The number of likely N-dealkylation sites (tertiary alicyclic amines) is 1. The Morgan fingerprint density at radius 2 is 2.40 bits per heavy atom. The monoisotopic (exact) mass is 274 g/mol. The fourth-order valence-electron chi connectivity index (χ4n) is 2.66. The first-order chi connectivity index (χ1) is 9.72. The van der Waals surface area contributed by atoms with E-state index in [9.17, 15) is 4.79 Å². The standard InChI is InChI=1S/C13H18N6O/c14-12-4-7-19(17-12)9-13(20)18-6-1-2-10(8-18)11-3-5-15-16-11/h3-5,7,10H,1-2,6,8-9H2,(H2,14,17)(H,15,16). The molecule has 0 aromatic carbocycles. The van der Waals surface area contributed by atoms with Crippen molar-refractivity contribution in [1.82, 2.24) is 24.9 Å². The minimum Gasteiger partial charge on any atom is -0.382 e. The Morgan fingerprint density at radius 1 is 1.50 bits per heavy atom. The van der Waals surface area contributed by atoms with Gasteiger partial charge in [-0.15, -0.1) is 0 Å². The Kier molecular flexibility index (Phi) is 3.41. The summed E-state index contributed by atoms with van der Waals surface area (Å²) in [6.07, 6.45) is 5.57. The number of nitrogens with zero attached hydrogens (tertiary/aromatic N) is 4. The maximum atomic E-state index is 12.3. The number of nitrogens with two attached hydrogens (primary N) is 1. The van der Waals surface area contributed by atoms with Crippen LogP contribution >= 0.6 is 0 Å². The molecule has 1 saturated heterocycles. The van der Waals surface area contributed by atoms with Crippen molar-refractivity contribution in [2.75, 3.05) is 18.8 Å². The number of carbonyl (C=O) groups is 1. The van der Waals surface area contributed by atoms with Crippen LogP contribution in [0.5, 0.6) is 0 Å². The van der Waals surface area contributed by atoms with Crippen LogP contribution in [-0.2, 0) is 11.3 Å². The van der Waals surface area contributed by atoms with Gasteiger partial charge in [-0.05, 0) is 25.0 Å². The van der Waals surface area contributed by atoms with Crippen LogP contribution < -0.4 is 5.73 Å². The second kappa shape index (κ2) is 5.36. The molecular formula is C13H18N6O. The molecule has 2 aromatic heterocycles. The summed E-state index contributed by atoms with van der Waals surface area (Å²) in [4.78, 5) is 14.2. The number of nitrogen functional groups attached to an aromatic ring is 1. The first-order valence-corrected chi connectivity index (χ1v) is 6.78. The largest absolute Gasteiger partial charge is 0.382 e. The van der Waals surface area contributed by atoms with Crippen molar-refractivity contribution in [3.8, 4) is 0 Å². The molecule has 106 valence electrons. The molecule has 2 aromatic rings. The number of hydrogen-bond acceptors (Lipinski definition) is 4. The van der Waals surface area contributed by atoms with Gasteiger partial charge in [-0.3, -0.25) is 14.6 Å². The SMILES string of the molecule is Nc1ccn(CC(=O)N2CCCC(c3ccn[nH]3)C2)n1. The number of H-pyrrole nitrogens is 1. The molecule has 0 aliphatic carbocycles. The molecule has 1 aliphatic rings. The van der Waals surface area contributed by atoms with Crippen LogP contribution in [0.2, 0.25) is 0 Å². The average molecular weight is 274 g/mol.